The van der Waals surface area contributed by atoms with Crippen molar-refractivity contribution in [1.82, 2.24) is 9.97 Å². The summed E-state index contributed by atoms with van der Waals surface area (Å²) in [6, 6.07) is 0. The number of rotatable bonds is 2. The normalized spacial score (nSPS) is 9.64. The Morgan fingerprint density at radius 1 is 1.36 bits per heavy atom. The lowest BCUT2D eigenvalue weighted by atomic mass is 10.1. The van der Waals surface area contributed by atoms with Crippen molar-refractivity contribution < 1.29 is 4.79 Å². The number of aryl methyl sites for hydroxylation is 2. The van der Waals surface area contributed by atoms with Gasteiger partial charge in [-0.3, -0.25) is 0 Å². The van der Waals surface area contributed by atoms with Gasteiger partial charge < -0.3 is 4.79 Å². The summed E-state index contributed by atoms with van der Waals surface area (Å²) < 4.78 is 0. The number of aromatic nitrogens is 2. The zero-order chi connectivity index (χ0) is 8.27. The molecule has 1 heterocycles. The van der Waals surface area contributed by atoms with E-state index in [9.17, 15) is 4.79 Å². The Morgan fingerprint density at radius 2 is 1.91 bits per heavy atom. The van der Waals surface area contributed by atoms with Crippen molar-refractivity contribution in [3.63, 3.8) is 0 Å². The molecule has 0 radical (unpaired) electrons. The van der Waals surface area contributed by atoms with Crippen LogP contribution in [0.15, 0.2) is 6.33 Å². The molecule has 0 unspecified atom stereocenters. The van der Waals surface area contributed by atoms with Gasteiger partial charge >= 0.3 is 0 Å². The third kappa shape index (κ3) is 1.61. The van der Waals surface area contributed by atoms with Crippen LogP contribution in [0.4, 0.5) is 0 Å². The van der Waals surface area contributed by atoms with Crippen LogP contribution >= 0.6 is 0 Å². The maximum absolute atomic E-state index is 10.2. The van der Waals surface area contributed by atoms with Crippen LogP contribution in [0.1, 0.15) is 17.0 Å². The Hall–Kier alpha value is -1.25. The molecule has 3 heteroatoms. The number of hydrogen-bond donors (Lipinski definition) is 0. The summed E-state index contributed by atoms with van der Waals surface area (Å²) in [6.45, 7) is 3.76. The second-order valence-electron chi connectivity index (χ2n) is 2.39. The van der Waals surface area contributed by atoms with Crippen molar-refractivity contribution in [2.45, 2.75) is 20.3 Å². The standard InChI is InChI=1S/C8H10N2O/c1-6-8(3-4-11)7(2)10-5-9-6/h4-5H,3H2,1-2H3. The third-order valence-corrected chi connectivity index (χ3v) is 1.66. The van der Waals surface area contributed by atoms with Crippen molar-refractivity contribution in [3.8, 4) is 0 Å². The molecule has 11 heavy (non-hydrogen) atoms. The van der Waals surface area contributed by atoms with Gasteiger partial charge in [-0.05, 0) is 13.8 Å². The van der Waals surface area contributed by atoms with E-state index in [1.54, 1.807) is 0 Å². The number of carbonyl (C=O) groups excluding carboxylic acids is 1. The second-order valence-corrected chi connectivity index (χ2v) is 2.39. The molecule has 0 N–H and O–H groups in total. The third-order valence-electron chi connectivity index (χ3n) is 1.66. The molecule has 0 fully saturated rings. The van der Waals surface area contributed by atoms with Crippen molar-refractivity contribution in [2.24, 2.45) is 0 Å². The second kappa shape index (κ2) is 3.23. The van der Waals surface area contributed by atoms with Crippen LogP contribution in [0.2, 0.25) is 0 Å². The summed E-state index contributed by atoms with van der Waals surface area (Å²) in [7, 11) is 0. The molecule has 0 aliphatic heterocycles. The van der Waals surface area contributed by atoms with Gasteiger partial charge in [0.1, 0.15) is 12.6 Å². The van der Waals surface area contributed by atoms with E-state index in [-0.39, 0.29) is 0 Å². The van der Waals surface area contributed by atoms with Crippen LogP contribution in [0, 0.1) is 13.8 Å². The highest BCUT2D eigenvalue weighted by Crippen LogP contribution is 2.06. The quantitative estimate of drug-likeness (QED) is 0.586. The Kier molecular flexibility index (Phi) is 2.31. The number of carbonyl (C=O) groups is 1. The summed E-state index contributed by atoms with van der Waals surface area (Å²) in [5.74, 6) is 0. The molecule has 0 saturated heterocycles. The Labute approximate surface area is 65.5 Å². The minimum Gasteiger partial charge on any atom is -0.303 e. The first-order valence-corrected chi connectivity index (χ1v) is 3.46. The lowest BCUT2D eigenvalue weighted by molar-refractivity contribution is -0.107. The van der Waals surface area contributed by atoms with Crippen LogP contribution in [0.5, 0.6) is 0 Å². The molecule has 0 aliphatic carbocycles. The molecule has 0 atom stereocenters. The zero-order valence-corrected chi connectivity index (χ0v) is 6.66. The van der Waals surface area contributed by atoms with Crippen LogP contribution in [0.25, 0.3) is 0 Å². The fourth-order valence-corrected chi connectivity index (χ4v) is 0.998. The van der Waals surface area contributed by atoms with Gasteiger partial charge in [-0.1, -0.05) is 0 Å². The molecule has 0 spiro atoms. The van der Waals surface area contributed by atoms with Gasteiger partial charge in [0.05, 0.1) is 0 Å². The first-order chi connectivity index (χ1) is 5.25. The fraction of sp³-hybridized carbons (Fsp3) is 0.375. The smallest absolute Gasteiger partial charge is 0.124 e. The molecule has 0 amide bonds. The maximum atomic E-state index is 10.2. The van der Waals surface area contributed by atoms with E-state index in [1.807, 2.05) is 13.8 Å². The van der Waals surface area contributed by atoms with Gasteiger partial charge in [-0.2, -0.15) is 0 Å². The molecule has 0 aliphatic rings. The van der Waals surface area contributed by atoms with Gasteiger partial charge in [-0.15, -0.1) is 0 Å². The predicted octanol–water partition coefficient (Wildman–Crippen LogP) is 0.835. The van der Waals surface area contributed by atoms with Crippen molar-refractivity contribution in [3.05, 3.63) is 23.3 Å². The summed E-state index contributed by atoms with van der Waals surface area (Å²) in [5, 5.41) is 0. The number of aldehydes is 1. The maximum Gasteiger partial charge on any atom is 0.124 e. The number of hydrogen-bond acceptors (Lipinski definition) is 3. The number of nitrogens with zero attached hydrogens (tertiary/aromatic N) is 2. The average molecular weight is 150 g/mol. The first-order valence-electron chi connectivity index (χ1n) is 3.46. The Morgan fingerprint density at radius 3 is 2.36 bits per heavy atom. The fourth-order valence-electron chi connectivity index (χ4n) is 0.998. The van der Waals surface area contributed by atoms with Crippen molar-refractivity contribution >= 4 is 6.29 Å². The van der Waals surface area contributed by atoms with E-state index < -0.39 is 0 Å². The molecule has 3 nitrogen and oxygen atoms in total. The van der Waals surface area contributed by atoms with E-state index in [4.69, 9.17) is 0 Å². The molecule has 0 aromatic carbocycles. The van der Waals surface area contributed by atoms with Crippen molar-refractivity contribution in [1.29, 1.82) is 0 Å². The van der Waals surface area contributed by atoms with E-state index >= 15 is 0 Å². The van der Waals surface area contributed by atoms with Gasteiger partial charge in [-0.25, -0.2) is 9.97 Å². The molecule has 1 aromatic rings. The SMILES string of the molecule is Cc1ncnc(C)c1CC=O. The highest BCUT2D eigenvalue weighted by atomic mass is 16.1. The predicted molar refractivity (Wildman–Crippen MR) is 41.3 cm³/mol. The first kappa shape index (κ1) is 7.85. The Bertz CT molecular complexity index is 251. The molecule has 0 bridgehead atoms. The summed E-state index contributed by atoms with van der Waals surface area (Å²) in [6.07, 6.45) is 2.80. The van der Waals surface area contributed by atoms with Gasteiger partial charge in [0.15, 0.2) is 0 Å². The summed E-state index contributed by atoms with van der Waals surface area (Å²) in [5.41, 5.74) is 2.73. The van der Waals surface area contributed by atoms with Gasteiger partial charge in [0.2, 0.25) is 0 Å². The molecule has 0 saturated carbocycles. The molecule has 1 rings (SSSR count). The van der Waals surface area contributed by atoms with E-state index in [0.29, 0.717) is 6.42 Å². The average Bonchev–Trinajstić information content (AvgIpc) is 1.97. The molecular weight excluding hydrogens is 140 g/mol. The van der Waals surface area contributed by atoms with Crippen LogP contribution in [0.3, 0.4) is 0 Å². The monoisotopic (exact) mass is 150 g/mol. The Balaban J connectivity index is 3.09. The van der Waals surface area contributed by atoms with E-state index in [0.717, 1.165) is 23.2 Å². The van der Waals surface area contributed by atoms with Crippen LogP contribution < -0.4 is 0 Å². The minimum atomic E-state index is 0.415. The van der Waals surface area contributed by atoms with Crippen molar-refractivity contribution in [2.75, 3.05) is 0 Å². The molecule has 58 valence electrons. The van der Waals surface area contributed by atoms with E-state index in [1.165, 1.54) is 6.33 Å². The lowest BCUT2D eigenvalue weighted by Crippen LogP contribution is -1.99. The van der Waals surface area contributed by atoms with Crippen LogP contribution in [-0.2, 0) is 11.2 Å². The molecular formula is C8H10N2O. The summed E-state index contributed by atoms with van der Waals surface area (Å²) >= 11 is 0. The van der Waals surface area contributed by atoms with Gasteiger partial charge in [0, 0.05) is 23.4 Å². The highest BCUT2D eigenvalue weighted by Gasteiger charge is 2.01. The largest absolute Gasteiger partial charge is 0.303 e. The van der Waals surface area contributed by atoms with E-state index in [2.05, 4.69) is 9.97 Å². The zero-order valence-electron chi connectivity index (χ0n) is 6.66. The summed E-state index contributed by atoms with van der Waals surface area (Å²) in [4.78, 5) is 18.2. The van der Waals surface area contributed by atoms with Crippen LogP contribution in [-0.4, -0.2) is 16.3 Å². The topological polar surface area (TPSA) is 42.9 Å². The minimum absolute atomic E-state index is 0.415. The lowest BCUT2D eigenvalue weighted by Gasteiger charge is -2.02. The molecule has 1 aromatic heterocycles. The highest BCUT2D eigenvalue weighted by molar-refractivity contribution is 5.56. The van der Waals surface area contributed by atoms with Gasteiger partial charge in [0.25, 0.3) is 0 Å².